The molecule has 0 unspecified atom stereocenters. The number of amides is 4. The summed E-state index contributed by atoms with van der Waals surface area (Å²) >= 11 is 0. The zero-order valence-electron chi connectivity index (χ0n) is 15.2. The molecule has 2 aliphatic rings. The molecule has 0 bridgehead atoms. The SMILES string of the molecule is CC(C)[C@H](NC(=O)N[C@H]1CCS(=O)(=O)C1)C(=O)N1CCC(C(N)=O)CC1. The van der Waals surface area contributed by atoms with E-state index in [1.54, 1.807) is 4.90 Å². The van der Waals surface area contributed by atoms with Gasteiger partial charge in [-0.05, 0) is 25.2 Å². The molecule has 4 amide bonds. The Balaban J connectivity index is 1.90. The van der Waals surface area contributed by atoms with Gasteiger partial charge in [0.15, 0.2) is 9.84 Å². The fraction of sp³-hybridized carbons (Fsp3) is 0.812. The van der Waals surface area contributed by atoms with Crippen molar-refractivity contribution in [1.82, 2.24) is 15.5 Å². The number of sulfone groups is 1. The predicted octanol–water partition coefficient (Wildman–Crippen LogP) is -0.779. The first kappa shape index (κ1) is 20.5. The first-order chi connectivity index (χ1) is 12.1. The lowest BCUT2D eigenvalue weighted by atomic mass is 9.94. The second kappa shape index (κ2) is 8.24. The van der Waals surface area contributed by atoms with E-state index in [2.05, 4.69) is 10.6 Å². The Morgan fingerprint density at radius 2 is 1.73 bits per heavy atom. The van der Waals surface area contributed by atoms with Crippen molar-refractivity contribution in [3.05, 3.63) is 0 Å². The Kier molecular flexibility index (Phi) is 6.48. The minimum absolute atomic E-state index is 0.0681. The standard InChI is InChI=1S/C16H28N4O5S/c1-10(2)13(15(22)20-6-3-11(4-7-20)14(17)21)19-16(23)18-12-5-8-26(24,25)9-12/h10-13H,3-9H2,1-2H3,(H2,17,21)(H2,18,19,23)/t12-,13-/m0/s1. The molecule has 2 rings (SSSR count). The normalized spacial score (nSPS) is 24.3. The highest BCUT2D eigenvalue weighted by Crippen LogP contribution is 2.19. The van der Waals surface area contributed by atoms with E-state index in [0.29, 0.717) is 32.4 Å². The number of carbonyl (C=O) groups excluding carboxylic acids is 3. The van der Waals surface area contributed by atoms with Crippen LogP contribution in [0.2, 0.25) is 0 Å². The quantitative estimate of drug-likeness (QED) is 0.567. The maximum absolute atomic E-state index is 12.8. The third-order valence-electron chi connectivity index (χ3n) is 5.00. The summed E-state index contributed by atoms with van der Waals surface area (Å²) in [6.07, 6.45) is 1.44. The molecule has 2 saturated heterocycles. The minimum Gasteiger partial charge on any atom is -0.369 e. The van der Waals surface area contributed by atoms with E-state index in [4.69, 9.17) is 5.73 Å². The number of hydrogen-bond acceptors (Lipinski definition) is 5. The maximum Gasteiger partial charge on any atom is 0.315 e. The number of hydrogen-bond donors (Lipinski definition) is 3. The molecule has 10 heteroatoms. The number of nitrogens with two attached hydrogens (primary N) is 1. The fourth-order valence-electron chi connectivity index (χ4n) is 3.37. The van der Waals surface area contributed by atoms with Gasteiger partial charge in [-0.3, -0.25) is 9.59 Å². The van der Waals surface area contributed by atoms with Gasteiger partial charge in [-0.15, -0.1) is 0 Å². The van der Waals surface area contributed by atoms with E-state index in [9.17, 15) is 22.8 Å². The lowest BCUT2D eigenvalue weighted by Gasteiger charge is -2.34. The van der Waals surface area contributed by atoms with Gasteiger partial charge >= 0.3 is 6.03 Å². The lowest BCUT2D eigenvalue weighted by Crippen LogP contribution is -2.56. The van der Waals surface area contributed by atoms with Gasteiger partial charge in [0.05, 0.1) is 11.5 Å². The summed E-state index contributed by atoms with van der Waals surface area (Å²) in [6, 6.07) is -1.67. The van der Waals surface area contributed by atoms with Crippen LogP contribution in [0.5, 0.6) is 0 Å². The molecule has 2 atom stereocenters. The van der Waals surface area contributed by atoms with Crippen molar-refractivity contribution in [2.24, 2.45) is 17.6 Å². The maximum atomic E-state index is 12.8. The zero-order valence-corrected chi connectivity index (χ0v) is 16.0. The van der Waals surface area contributed by atoms with E-state index in [0.717, 1.165) is 0 Å². The number of likely N-dealkylation sites (tertiary alicyclic amines) is 1. The fourth-order valence-corrected chi connectivity index (χ4v) is 5.05. The Bertz CT molecular complexity index is 656. The molecule has 26 heavy (non-hydrogen) atoms. The summed E-state index contributed by atoms with van der Waals surface area (Å²) in [6.45, 7) is 4.53. The molecule has 148 valence electrons. The Morgan fingerprint density at radius 3 is 2.19 bits per heavy atom. The number of urea groups is 1. The molecule has 0 aromatic carbocycles. The van der Waals surface area contributed by atoms with Gasteiger partial charge in [-0.25, -0.2) is 13.2 Å². The van der Waals surface area contributed by atoms with Crippen LogP contribution in [-0.4, -0.2) is 67.8 Å². The first-order valence-corrected chi connectivity index (χ1v) is 10.8. The number of piperidine rings is 1. The summed E-state index contributed by atoms with van der Waals surface area (Å²) in [5.74, 6) is -0.883. The van der Waals surface area contributed by atoms with Crippen LogP contribution in [0.15, 0.2) is 0 Å². The Hall–Kier alpha value is -1.84. The second-order valence-corrected chi connectivity index (χ2v) is 9.67. The van der Waals surface area contributed by atoms with Crippen LogP contribution in [0.1, 0.15) is 33.1 Å². The highest BCUT2D eigenvalue weighted by atomic mass is 32.2. The topological polar surface area (TPSA) is 139 Å². The number of carbonyl (C=O) groups is 3. The highest BCUT2D eigenvalue weighted by Gasteiger charge is 2.34. The van der Waals surface area contributed by atoms with E-state index in [1.807, 2.05) is 13.8 Å². The van der Waals surface area contributed by atoms with Crippen LogP contribution in [0, 0.1) is 11.8 Å². The van der Waals surface area contributed by atoms with Crippen molar-refractivity contribution in [3.8, 4) is 0 Å². The number of rotatable bonds is 5. The van der Waals surface area contributed by atoms with Crippen LogP contribution in [0.3, 0.4) is 0 Å². The van der Waals surface area contributed by atoms with E-state index in [-0.39, 0.29) is 35.2 Å². The van der Waals surface area contributed by atoms with Crippen LogP contribution in [-0.2, 0) is 19.4 Å². The molecule has 9 nitrogen and oxygen atoms in total. The van der Waals surface area contributed by atoms with Crippen molar-refractivity contribution < 1.29 is 22.8 Å². The smallest absolute Gasteiger partial charge is 0.315 e. The van der Waals surface area contributed by atoms with Crippen LogP contribution in [0.4, 0.5) is 4.79 Å². The van der Waals surface area contributed by atoms with Gasteiger partial charge in [0.1, 0.15) is 6.04 Å². The number of nitrogens with zero attached hydrogens (tertiary/aromatic N) is 1. The van der Waals surface area contributed by atoms with Crippen molar-refractivity contribution in [2.45, 2.75) is 45.2 Å². The van der Waals surface area contributed by atoms with Crippen molar-refractivity contribution in [3.63, 3.8) is 0 Å². The molecular weight excluding hydrogens is 360 g/mol. The third-order valence-corrected chi connectivity index (χ3v) is 6.76. The summed E-state index contributed by atoms with van der Waals surface area (Å²) in [4.78, 5) is 37.9. The van der Waals surface area contributed by atoms with Crippen LogP contribution < -0.4 is 16.4 Å². The summed E-state index contributed by atoms with van der Waals surface area (Å²) < 4.78 is 23.0. The summed E-state index contributed by atoms with van der Waals surface area (Å²) in [7, 11) is -3.09. The largest absolute Gasteiger partial charge is 0.369 e. The molecule has 4 N–H and O–H groups in total. The molecule has 2 heterocycles. The molecule has 0 aliphatic carbocycles. The van der Waals surface area contributed by atoms with Gasteiger partial charge in [0.25, 0.3) is 0 Å². The predicted molar refractivity (Wildman–Crippen MR) is 95.9 cm³/mol. The molecule has 0 radical (unpaired) electrons. The third kappa shape index (κ3) is 5.33. The summed E-state index contributed by atoms with van der Waals surface area (Å²) in [5.41, 5.74) is 5.31. The highest BCUT2D eigenvalue weighted by molar-refractivity contribution is 7.91. The van der Waals surface area contributed by atoms with Crippen molar-refractivity contribution in [1.29, 1.82) is 0 Å². The minimum atomic E-state index is -3.09. The van der Waals surface area contributed by atoms with E-state index >= 15 is 0 Å². The monoisotopic (exact) mass is 388 g/mol. The summed E-state index contributed by atoms with van der Waals surface area (Å²) in [5, 5.41) is 5.31. The van der Waals surface area contributed by atoms with Gasteiger partial charge in [0, 0.05) is 25.0 Å². The van der Waals surface area contributed by atoms with Crippen molar-refractivity contribution >= 4 is 27.7 Å². The van der Waals surface area contributed by atoms with Crippen molar-refractivity contribution in [2.75, 3.05) is 24.6 Å². The zero-order chi connectivity index (χ0) is 19.5. The Labute approximate surface area is 154 Å². The lowest BCUT2D eigenvalue weighted by molar-refractivity contribution is -0.137. The van der Waals surface area contributed by atoms with Gasteiger partial charge in [-0.2, -0.15) is 0 Å². The molecular formula is C16H28N4O5S. The van der Waals surface area contributed by atoms with E-state index < -0.39 is 28.0 Å². The van der Waals surface area contributed by atoms with Gasteiger partial charge in [-0.1, -0.05) is 13.8 Å². The molecule has 0 saturated carbocycles. The average molecular weight is 388 g/mol. The molecule has 0 aromatic rings. The van der Waals surface area contributed by atoms with E-state index in [1.165, 1.54) is 0 Å². The number of primary amides is 1. The van der Waals surface area contributed by atoms with Crippen LogP contribution in [0.25, 0.3) is 0 Å². The second-order valence-electron chi connectivity index (χ2n) is 7.44. The first-order valence-electron chi connectivity index (χ1n) is 8.94. The van der Waals surface area contributed by atoms with Crippen LogP contribution >= 0.6 is 0 Å². The van der Waals surface area contributed by atoms with Gasteiger partial charge < -0.3 is 21.3 Å². The molecule has 2 fully saturated rings. The average Bonchev–Trinajstić information content (AvgIpc) is 2.90. The molecule has 0 spiro atoms. The Morgan fingerprint density at radius 1 is 1.12 bits per heavy atom. The van der Waals surface area contributed by atoms with Gasteiger partial charge in [0.2, 0.25) is 11.8 Å². The number of nitrogens with one attached hydrogen (secondary N) is 2. The molecule has 2 aliphatic heterocycles. The molecule has 0 aromatic heterocycles.